The van der Waals surface area contributed by atoms with Crippen molar-refractivity contribution in [3.63, 3.8) is 0 Å². The SMILES string of the molecule is CCOC(=O)N1CCC(n2nnnc2CCCCOc2ccc3nc4[nH]c(=O)[nH]c4cc3c2)CC1. The Morgan fingerprint density at radius 2 is 2.03 bits per heavy atom. The molecule has 35 heavy (non-hydrogen) atoms. The molecule has 1 amide bonds. The van der Waals surface area contributed by atoms with E-state index in [1.54, 1.807) is 4.90 Å². The number of nitrogens with zero attached hydrogens (tertiary/aromatic N) is 6. The summed E-state index contributed by atoms with van der Waals surface area (Å²) in [6, 6.07) is 7.77. The Morgan fingerprint density at radius 1 is 1.17 bits per heavy atom. The summed E-state index contributed by atoms with van der Waals surface area (Å²) in [4.78, 5) is 35.0. The lowest BCUT2D eigenvalue weighted by molar-refractivity contribution is 0.0911. The zero-order valence-corrected chi connectivity index (χ0v) is 19.6. The zero-order chi connectivity index (χ0) is 24.2. The van der Waals surface area contributed by atoms with Gasteiger partial charge >= 0.3 is 11.8 Å². The van der Waals surface area contributed by atoms with Crippen molar-refractivity contribution in [1.82, 2.24) is 40.1 Å². The third-order valence-electron chi connectivity index (χ3n) is 6.23. The molecule has 1 saturated heterocycles. The van der Waals surface area contributed by atoms with Crippen molar-refractivity contribution in [2.75, 3.05) is 26.3 Å². The van der Waals surface area contributed by atoms with Crippen molar-refractivity contribution < 1.29 is 14.3 Å². The van der Waals surface area contributed by atoms with Gasteiger partial charge in [0.25, 0.3) is 0 Å². The molecule has 5 rings (SSSR count). The number of piperidine rings is 1. The number of nitrogens with one attached hydrogen (secondary N) is 2. The maximum Gasteiger partial charge on any atom is 0.409 e. The highest BCUT2D eigenvalue weighted by Gasteiger charge is 2.26. The second kappa shape index (κ2) is 10.1. The standard InChI is InChI=1S/C23H28N8O4/c1-2-34-23(33)30-10-8-16(9-11-30)31-20(27-28-29-31)5-3-4-12-35-17-6-7-18-15(13-17)14-19-21(24-18)26-22(32)25-19/h6-7,13-14,16H,2-5,8-12H2,1H3,(H2,24,25,26,32). The van der Waals surface area contributed by atoms with Gasteiger partial charge in [-0.25, -0.2) is 19.3 Å². The minimum absolute atomic E-state index is 0.189. The first-order valence-corrected chi connectivity index (χ1v) is 11.9. The number of imidazole rings is 1. The summed E-state index contributed by atoms with van der Waals surface area (Å²) in [6.45, 7) is 4.05. The van der Waals surface area contributed by atoms with Crippen molar-refractivity contribution in [1.29, 1.82) is 0 Å². The number of carbonyl (C=O) groups is 1. The highest BCUT2D eigenvalue weighted by atomic mass is 16.6. The van der Waals surface area contributed by atoms with Gasteiger partial charge in [0.15, 0.2) is 11.5 Å². The van der Waals surface area contributed by atoms with Crippen LogP contribution in [0.15, 0.2) is 29.1 Å². The fourth-order valence-electron chi connectivity index (χ4n) is 4.44. The third kappa shape index (κ3) is 5.10. The molecule has 0 saturated carbocycles. The van der Waals surface area contributed by atoms with Crippen LogP contribution in [0.3, 0.4) is 0 Å². The molecule has 0 unspecified atom stereocenters. The van der Waals surface area contributed by atoms with Crippen LogP contribution < -0.4 is 10.4 Å². The van der Waals surface area contributed by atoms with Crippen LogP contribution in [0.4, 0.5) is 4.79 Å². The van der Waals surface area contributed by atoms with Crippen molar-refractivity contribution >= 4 is 28.2 Å². The topological polar surface area (TPSA) is 144 Å². The van der Waals surface area contributed by atoms with Crippen LogP contribution in [0.1, 0.15) is 44.5 Å². The number of fused-ring (bicyclic) bond motifs is 2. The molecular formula is C23H28N8O4. The molecule has 0 atom stereocenters. The molecule has 4 aromatic rings. The number of likely N-dealkylation sites (tertiary alicyclic amines) is 1. The third-order valence-corrected chi connectivity index (χ3v) is 6.23. The summed E-state index contributed by atoms with van der Waals surface area (Å²) >= 11 is 0. The first-order valence-electron chi connectivity index (χ1n) is 11.9. The quantitative estimate of drug-likeness (QED) is 0.366. The van der Waals surface area contributed by atoms with Crippen LogP contribution in [-0.4, -0.2) is 72.5 Å². The first kappa shape index (κ1) is 22.8. The number of H-pyrrole nitrogens is 2. The van der Waals surface area contributed by atoms with E-state index in [-0.39, 0.29) is 17.8 Å². The highest BCUT2D eigenvalue weighted by molar-refractivity contribution is 5.89. The molecule has 1 aromatic carbocycles. The summed E-state index contributed by atoms with van der Waals surface area (Å²) in [5.74, 6) is 1.62. The lowest BCUT2D eigenvalue weighted by Crippen LogP contribution is -2.39. The fraction of sp³-hybridized carbons (Fsp3) is 0.478. The number of ether oxygens (including phenoxy) is 2. The van der Waals surface area contributed by atoms with Gasteiger partial charge in [0.05, 0.1) is 30.3 Å². The van der Waals surface area contributed by atoms with E-state index in [1.165, 1.54) is 0 Å². The summed E-state index contributed by atoms with van der Waals surface area (Å²) in [6.07, 6.45) is 3.86. The predicted molar refractivity (Wildman–Crippen MR) is 127 cm³/mol. The van der Waals surface area contributed by atoms with Gasteiger partial charge in [0.1, 0.15) is 5.75 Å². The van der Waals surface area contributed by atoms with Gasteiger partial charge in [-0.1, -0.05) is 0 Å². The van der Waals surface area contributed by atoms with Crippen molar-refractivity contribution in [3.05, 3.63) is 40.6 Å². The second-order valence-corrected chi connectivity index (χ2v) is 8.58. The molecule has 0 spiro atoms. The zero-order valence-electron chi connectivity index (χ0n) is 19.6. The van der Waals surface area contributed by atoms with Gasteiger partial charge in [-0.05, 0) is 67.3 Å². The molecule has 184 valence electrons. The Kier molecular flexibility index (Phi) is 6.59. The Balaban J connectivity index is 1.10. The van der Waals surface area contributed by atoms with E-state index in [0.29, 0.717) is 37.5 Å². The van der Waals surface area contributed by atoms with Crippen molar-refractivity contribution in [2.45, 2.75) is 45.1 Å². The minimum atomic E-state index is -0.271. The maximum absolute atomic E-state index is 11.9. The molecule has 0 aliphatic carbocycles. The number of tetrazole rings is 1. The van der Waals surface area contributed by atoms with Gasteiger partial charge in [0, 0.05) is 24.9 Å². The van der Waals surface area contributed by atoms with E-state index >= 15 is 0 Å². The summed E-state index contributed by atoms with van der Waals surface area (Å²) in [7, 11) is 0. The van der Waals surface area contributed by atoms with Gasteiger partial charge in [-0.15, -0.1) is 5.10 Å². The van der Waals surface area contributed by atoms with Crippen molar-refractivity contribution in [2.24, 2.45) is 0 Å². The molecule has 12 nitrogen and oxygen atoms in total. The number of hydrogen-bond acceptors (Lipinski definition) is 8. The molecular weight excluding hydrogens is 452 g/mol. The minimum Gasteiger partial charge on any atom is -0.494 e. The molecule has 1 aliphatic heterocycles. The number of aromatic nitrogens is 7. The number of unbranched alkanes of at least 4 members (excludes halogenated alkanes) is 1. The number of carbonyl (C=O) groups excluding carboxylic acids is 1. The predicted octanol–water partition coefficient (Wildman–Crippen LogP) is 2.59. The lowest BCUT2D eigenvalue weighted by atomic mass is 10.1. The Labute approximate surface area is 200 Å². The van der Waals surface area contributed by atoms with Crippen LogP contribution in [0.5, 0.6) is 5.75 Å². The smallest absolute Gasteiger partial charge is 0.409 e. The van der Waals surface area contributed by atoms with E-state index in [2.05, 4.69) is 30.5 Å². The van der Waals surface area contributed by atoms with E-state index < -0.39 is 0 Å². The van der Waals surface area contributed by atoms with Crippen LogP contribution >= 0.6 is 0 Å². The van der Waals surface area contributed by atoms with Gasteiger partial charge in [-0.3, -0.25) is 4.98 Å². The number of rotatable bonds is 8. The van der Waals surface area contributed by atoms with Gasteiger partial charge in [0.2, 0.25) is 0 Å². The van der Waals surface area contributed by atoms with E-state index in [0.717, 1.165) is 54.6 Å². The fourth-order valence-corrected chi connectivity index (χ4v) is 4.44. The average Bonchev–Trinajstić information content (AvgIpc) is 3.47. The normalized spacial score (nSPS) is 14.6. The molecule has 2 N–H and O–H groups in total. The number of hydrogen-bond donors (Lipinski definition) is 2. The first-order chi connectivity index (χ1) is 17.1. The Morgan fingerprint density at radius 3 is 2.86 bits per heavy atom. The average molecular weight is 481 g/mol. The summed E-state index contributed by atoms with van der Waals surface area (Å²) in [5.41, 5.74) is 1.74. The van der Waals surface area contributed by atoms with E-state index in [1.807, 2.05) is 35.9 Å². The number of pyridine rings is 1. The largest absolute Gasteiger partial charge is 0.494 e. The summed E-state index contributed by atoms with van der Waals surface area (Å²) < 4.78 is 12.9. The Bertz CT molecular complexity index is 1370. The molecule has 3 aromatic heterocycles. The molecule has 12 heteroatoms. The van der Waals surface area contributed by atoms with Gasteiger partial charge in [-0.2, -0.15) is 0 Å². The highest BCUT2D eigenvalue weighted by Crippen LogP contribution is 2.24. The van der Waals surface area contributed by atoms with Crippen LogP contribution in [0, 0.1) is 0 Å². The molecule has 0 radical (unpaired) electrons. The van der Waals surface area contributed by atoms with Crippen LogP contribution in [0.2, 0.25) is 0 Å². The maximum atomic E-state index is 11.9. The van der Waals surface area contributed by atoms with E-state index in [4.69, 9.17) is 9.47 Å². The van der Waals surface area contributed by atoms with Crippen LogP contribution in [-0.2, 0) is 11.2 Å². The Hall–Kier alpha value is -3.96. The molecule has 0 bridgehead atoms. The van der Waals surface area contributed by atoms with Crippen molar-refractivity contribution in [3.8, 4) is 5.75 Å². The number of aryl methyl sites for hydroxylation is 1. The molecule has 1 aliphatic rings. The monoisotopic (exact) mass is 480 g/mol. The second-order valence-electron chi connectivity index (χ2n) is 8.58. The van der Waals surface area contributed by atoms with Crippen LogP contribution in [0.25, 0.3) is 22.1 Å². The van der Waals surface area contributed by atoms with E-state index in [9.17, 15) is 9.59 Å². The van der Waals surface area contributed by atoms with Gasteiger partial charge < -0.3 is 19.4 Å². The number of benzene rings is 1. The number of aromatic amines is 2. The lowest BCUT2D eigenvalue weighted by Gasteiger charge is -2.31. The summed E-state index contributed by atoms with van der Waals surface area (Å²) in [5, 5.41) is 13.2. The number of amides is 1. The molecule has 4 heterocycles. The molecule has 1 fully saturated rings.